The van der Waals surface area contributed by atoms with Gasteiger partial charge in [0.25, 0.3) is 5.56 Å². The Balaban J connectivity index is 1.77. The van der Waals surface area contributed by atoms with Gasteiger partial charge in [-0.2, -0.15) is 0 Å². The second-order valence-corrected chi connectivity index (χ2v) is 6.57. The molecule has 0 bridgehead atoms. The summed E-state index contributed by atoms with van der Waals surface area (Å²) in [7, 11) is 0. The van der Waals surface area contributed by atoms with Crippen molar-refractivity contribution in [2.24, 2.45) is 0 Å². The molecule has 130 valence electrons. The fourth-order valence-corrected chi connectivity index (χ4v) is 3.70. The maximum absolute atomic E-state index is 13.0. The number of aromatic nitrogens is 2. The van der Waals surface area contributed by atoms with E-state index in [-0.39, 0.29) is 23.4 Å². The molecular weight excluding hydrogens is 322 g/mol. The molecule has 2 aromatic rings. The van der Waals surface area contributed by atoms with Gasteiger partial charge in [0.2, 0.25) is 11.8 Å². The van der Waals surface area contributed by atoms with E-state index < -0.39 is 17.2 Å². The molecule has 0 spiro atoms. The number of para-hydroxylation sites is 1. The summed E-state index contributed by atoms with van der Waals surface area (Å²) in [6.07, 6.45) is 5.28. The molecule has 7 nitrogen and oxygen atoms in total. The van der Waals surface area contributed by atoms with Crippen molar-refractivity contribution in [3.05, 3.63) is 56.2 Å². The van der Waals surface area contributed by atoms with Crippen molar-refractivity contribution in [1.29, 1.82) is 0 Å². The first-order chi connectivity index (χ1) is 12.1. The second-order valence-electron chi connectivity index (χ2n) is 6.57. The third-order valence-electron chi connectivity index (χ3n) is 4.89. The monoisotopic (exact) mass is 341 g/mol. The Morgan fingerprint density at radius 2 is 1.84 bits per heavy atom. The molecule has 7 heteroatoms. The number of carbonyl (C=O) groups is 1. The smallest absolute Gasteiger partial charge is 0.328 e. The van der Waals surface area contributed by atoms with Crippen molar-refractivity contribution in [3.8, 4) is 11.6 Å². The van der Waals surface area contributed by atoms with Crippen molar-refractivity contribution in [3.63, 3.8) is 0 Å². The van der Waals surface area contributed by atoms with Crippen LogP contribution in [0.3, 0.4) is 0 Å². The van der Waals surface area contributed by atoms with Crippen LogP contribution in [0.1, 0.15) is 49.1 Å². The van der Waals surface area contributed by atoms with Crippen molar-refractivity contribution in [2.75, 3.05) is 0 Å². The molecule has 3 N–H and O–H groups in total. The van der Waals surface area contributed by atoms with Crippen LogP contribution in [-0.2, 0) is 4.79 Å². The van der Waals surface area contributed by atoms with E-state index in [9.17, 15) is 14.4 Å². The second kappa shape index (κ2) is 6.23. The minimum atomic E-state index is -0.803. The summed E-state index contributed by atoms with van der Waals surface area (Å²) < 4.78 is 5.65. The van der Waals surface area contributed by atoms with Gasteiger partial charge in [0.1, 0.15) is 11.7 Å². The first kappa shape index (κ1) is 15.7. The Kier molecular flexibility index (Phi) is 3.91. The van der Waals surface area contributed by atoms with Crippen LogP contribution in [0.5, 0.6) is 11.6 Å². The highest BCUT2D eigenvalue weighted by Crippen LogP contribution is 2.41. The highest BCUT2D eigenvalue weighted by Gasteiger charge is 2.36. The molecule has 1 aliphatic heterocycles. The lowest BCUT2D eigenvalue weighted by molar-refractivity contribution is -0.122. The van der Waals surface area contributed by atoms with Crippen LogP contribution in [0.2, 0.25) is 0 Å². The minimum Gasteiger partial charge on any atom is -0.440 e. The Labute approximate surface area is 143 Å². The molecule has 1 aromatic carbocycles. The molecule has 25 heavy (non-hydrogen) atoms. The Morgan fingerprint density at radius 1 is 1.08 bits per heavy atom. The third-order valence-corrected chi connectivity index (χ3v) is 4.89. The summed E-state index contributed by atoms with van der Waals surface area (Å²) >= 11 is 0. The molecule has 2 heterocycles. The van der Waals surface area contributed by atoms with Crippen molar-refractivity contribution in [2.45, 2.75) is 44.1 Å². The molecule has 2 aliphatic rings. The summed E-state index contributed by atoms with van der Waals surface area (Å²) in [5.41, 5.74) is -0.487. The number of rotatable bonds is 2. The van der Waals surface area contributed by atoms with E-state index in [1.54, 1.807) is 24.3 Å². The molecule has 1 unspecified atom stereocenters. The van der Waals surface area contributed by atoms with E-state index in [1.807, 2.05) is 0 Å². The van der Waals surface area contributed by atoms with Gasteiger partial charge in [-0.15, -0.1) is 0 Å². The van der Waals surface area contributed by atoms with E-state index in [4.69, 9.17) is 4.74 Å². The van der Waals surface area contributed by atoms with Gasteiger partial charge in [-0.05, 0) is 18.9 Å². The van der Waals surface area contributed by atoms with E-state index in [0.29, 0.717) is 11.3 Å². The third kappa shape index (κ3) is 2.86. The predicted molar refractivity (Wildman–Crippen MR) is 91.1 cm³/mol. The van der Waals surface area contributed by atoms with Crippen molar-refractivity contribution < 1.29 is 9.53 Å². The molecule has 1 fully saturated rings. The first-order valence-corrected chi connectivity index (χ1v) is 8.57. The van der Waals surface area contributed by atoms with E-state index >= 15 is 0 Å². The number of hydrogen-bond acceptors (Lipinski definition) is 4. The minimum absolute atomic E-state index is 0.0382. The fourth-order valence-electron chi connectivity index (χ4n) is 3.70. The number of aromatic amines is 2. The Bertz CT molecular complexity index is 924. The van der Waals surface area contributed by atoms with Crippen LogP contribution >= 0.6 is 0 Å². The highest BCUT2D eigenvalue weighted by atomic mass is 16.5. The molecular formula is C18H19N3O4. The zero-order valence-electron chi connectivity index (χ0n) is 13.6. The number of carbonyl (C=O) groups excluding carboxylic acids is 1. The van der Waals surface area contributed by atoms with Gasteiger partial charge < -0.3 is 10.1 Å². The largest absolute Gasteiger partial charge is 0.440 e. The molecule has 1 atom stereocenters. The molecule has 1 aliphatic carbocycles. The lowest BCUT2D eigenvalue weighted by Gasteiger charge is -2.29. The number of nitrogens with one attached hydrogen (secondary N) is 3. The molecule has 1 saturated carbocycles. The summed E-state index contributed by atoms with van der Waals surface area (Å²) in [6.45, 7) is 0. The topological polar surface area (TPSA) is 104 Å². The summed E-state index contributed by atoms with van der Waals surface area (Å²) in [5.74, 6) is -0.528. The predicted octanol–water partition coefficient (Wildman–Crippen LogP) is 1.75. The van der Waals surface area contributed by atoms with Crippen LogP contribution < -0.4 is 21.3 Å². The maximum atomic E-state index is 13.0. The van der Waals surface area contributed by atoms with Crippen LogP contribution in [0.4, 0.5) is 0 Å². The summed E-state index contributed by atoms with van der Waals surface area (Å²) in [5, 5.41) is 3.07. The van der Waals surface area contributed by atoms with Gasteiger partial charge in [-0.3, -0.25) is 19.6 Å². The SMILES string of the molecule is O=C(NC1CCCCC1)C1c2ccccc2Oc2[nH]c(=O)[nH]c(=O)c21. The lowest BCUT2D eigenvalue weighted by atomic mass is 9.88. The summed E-state index contributed by atoms with van der Waals surface area (Å²) in [6, 6.07) is 7.20. The molecule has 4 rings (SSSR count). The highest BCUT2D eigenvalue weighted by molar-refractivity contribution is 5.89. The van der Waals surface area contributed by atoms with Gasteiger partial charge >= 0.3 is 5.69 Å². The van der Waals surface area contributed by atoms with E-state index in [1.165, 1.54) is 6.42 Å². The average Bonchev–Trinajstić information content (AvgIpc) is 2.60. The zero-order valence-corrected chi connectivity index (χ0v) is 13.6. The van der Waals surface area contributed by atoms with Crippen LogP contribution in [0.25, 0.3) is 0 Å². The van der Waals surface area contributed by atoms with Gasteiger partial charge in [0.15, 0.2) is 0 Å². The Morgan fingerprint density at radius 3 is 2.64 bits per heavy atom. The summed E-state index contributed by atoms with van der Waals surface area (Å²) in [4.78, 5) is 41.6. The first-order valence-electron chi connectivity index (χ1n) is 8.57. The molecule has 1 amide bonds. The molecule has 0 radical (unpaired) electrons. The van der Waals surface area contributed by atoms with Crippen LogP contribution in [0.15, 0.2) is 33.9 Å². The quantitative estimate of drug-likeness (QED) is 0.774. The van der Waals surface area contributed by atoms with Crippen molar-refractivity contribution in [1.82, 2.24) is 15.3 Å². The van der Waals surface area contributed by atoms with Gasteiger partial charge in [0, 0.05) is 11.6 Å². The number of amides is 1. The molecule has 1 aromatic heterocycles. The van der Waals surface area contributed by atoms with Crippen molar-refractivity contribution >= 4 is 5.91 Å². The van der Waals surface area contributed by atoms with Gasteiger partial charge in [-0.25, -0.2) is 4.79 Å². The van der Waals surface area contributed by atoms with Crippen LogP contribution in [-0.4, -0.2) is 21.9 Å². The standard InChI is InChI=1S/C18H19N3O4/c22-15(19-10-6-2-1-3-7-10)13-11-8-4-5-9-12(11)25-17-14(13)16(23)20-18(24)21-17/h4-5,8-10,13H,1-3,6-7H2,(H,19,22)(H2,20,21,23,24). The van der Waals surface area contributed by atoms with Crippen LogP contribution in [0, 0.1) is 0 Å². The number of hydrogen-bond donors (Lipinski definition) is 3. The average molecular weight is 341 g/mol. The zero-order chi connectivity index (χ0) is 17.4. The maximum Gasteiger partial charge on any atom is 0.328 e. The van der Waals surface area contributed by atoms with Gasteiger partial charge in [0.05, 0.1) is 5.56 Å². The fraction of sp³-hybridized carbons (Fsp3) is 0.389. The van der Waals surface area contributed by atoms with E-state index in [0.717, 1.165) is 25.7 Å². The Hall–Kier alpha value is -2.83. The number of H-pyrrole nitrogens is 2. The van der Waals surface area contributed by atoms with E-state index in [2.05, 4.69) is 15.3 Å². The normalized spacial score (nSPS) is 19.4. The molecule has 0 saturated heterocycles. The van der Waals surface area contributed by atoms with Gasteiger partial charge in [-0.1, -0.05) is 37.5 Å². The number of fused-ring (bicyclic) bond motifs is 2. The number of benzene rings is 1. The lowest BCUT2D eigenvalue weighted by Crippen LogP contribution is -2.42. The number of ether oxygens (including phenoxy) is 1.